The molecule has 3 atom stereocenters. The summed E-state index contributed by atoms with van der Waals surface area (Å²) in [7, 11) is 1.23. The second-order valence-corrected chi connectivity index (χ2v) is 9.97. The number of nitrogens with two attached hydrogens (primary N) is 1. The maximum absolute atomic E-state index is 12.6. The number of carbonyl (C=O) groups excluding carboxylic acids is 4. The third-order valence-corrected chi connectivity index (χ3v) is 6.31. The van der Waals surface area contributed by atoms with E-state index in [1.807, 2.05) is 27.7 Å². The molecule has 2 unspecified atom stereocenters. The predicted molar refractivity (Wildman–Crippen MR) is 139 cm³/mol. The second-order valence-electron chi connectivity index (χ2n) is 9.97. The number of benzene rings is 1. The minimum absolute atomic E-state index is 0.0106. The van der Waals surface area contributed by atoms with Gasteiger partial charge in [0.1, 0.15) is 5.54 Å². The van der Waals surface area contributed by atoms with Gasteiger partial charge in [0.05, 0.1) is 25.6 Å². The number of methoxy groups -OCH3 is 1. The molecule has 9 nitrogen and oxygen atoms in total. The molecule has 0 saturated carbocycles. The molecule has 2 N–H and O–H groups in total. The summed E-state index contributed by atoms with van der Waals surface area (Å²) in [6, 6.07) is 4.68. The number of esters is 4. The van der Waals surface area contributed by atoms with Crippen LogP contribution in [0.4, 0.5) is 0 Å². The Balaban J connectivity index is 3.16. The first kappa shape index (κ1) is 32.1. The molecule has 0 amide bonds. The summed E-state index contributed by atoms with van der Waals surface area (Å²) >= 11 is 0. The van der Waals surface area contributed by atoms with Crippen LogP contribution in [-0.4, -0.2) is 43.1 Å². The Kier molecular flexibility index (Phi) is 13.3. The molecule has 1 rings (SSSR count). The summed E-state index contributed by atoms with van der Waals surface area (Å²) in [5, 5.41) is 0. The number of ether oxygens (including phenoxy) is 4. The molecule has 1 aromatic rings. The lowest BCUT2D eigenvalue weighted by Gasteiger charge is -2.27. The van der Waals surface area contributed by atoms with Crippen LogP contribution in [0.2, 0.25) is 0 Å². The number of carbonyl (C=O) groups is 4. The molecule has 1 aromatic carbocycles. The van der Waals surface area contributed by atoms with E-state index in [-0.39, 0.29) is 55.2 Å². The van der Waals surface area contributed by atoms with Crippen LogP contribution in [0.25, 0.3) is 0 Å². The number of rotatable bonds is 15. The van der Waals surface area contributed by atoms with Gasteiger partial charge in [-0.25, -0.2) is 0 Å². The van der Waals surface area contributed by atoms with Crippen LogP contribution >= 0.6 is 0 Å². The van der Waals surface area contributed by atoms with Crippen LogP contribution < -0.4 is 15.2 Å². The Morgan fingerprint density at radius 1 is 0.919 bits per heavy atom. The summed E-state index contributed by atoms with van der Waals surface area (Å²) in [6.45, 7) is 11.2. The molecule has 0 saturated heterocycles. The fourth-order valence-electron chi connectivity index (χ4n) is 3.23. The monoisotopic (exact) mass is 521 g/mol. The highest BCUT2D eigenvalue weighted by molar-refractivity contribution is 5.81. The van der Waals surface area contributed by atoms with Gasteiger partial charge in [-0.1, -0.05) is 47.6 Å². The molecule has 0 aliphatic rings. The van der Waals surface area contributed by atoms with Gasteiger partial charge in [0.2, 0.25) is 0 Å². The minimum atomic E-state index is -1.50. The molecule has 0 fully saturated rings. The largest absolute Gasteiger partial charge is 0.468 e. The van der Waals surface area contributed by atoms with Gasteiger partial charge >= 0.3 is 23.9 Å². The van der Waals surface area contributed by atoms with Crippen LogP contribution in [0.1, 0.15) is 79.2 Å². The average Bonchev–Trinajstić information content (AvgIpc) is 2.87. The zero-order valence-electron chi connectivity index (χ0n) is 23.3. The zero-order chi connectivity index (χ0) is 28.2. The van der Waals surface area contributed by atoms with Crippen molar-refractivity contribution in [1.29, 1.82) is 0 Å². The van der Waals surface area contributed by atoms with Gasteiger partial charge < -0.3 is 24.7 Å². The van der Waals surface area contributed by atoms with Crippen LogP contribution in [0.15, 0.2) is 18.2 Å². The van der Waals surface area contributed by atoms with E-state index in [4.69, 9.17) is 24.7 Å². The first-order valence-electron chi connectivity index (χ1n) is 13.0. The van der Waals surface area contributed by atoms with Crippen molar-refractivity contribution in [2.45, 2.75) is 85.6 Å². The van der Waals surface area contributed by atoms with Gasteiger partial charge in [-0.2, -0.15) is 0 Å². The van der Waals surface area contributed by atoms with E-state index in [0.29, 0.717) is 30.7 Å². The standard InChI is InChI=1S/C28H43NO8/c1-8-19(5)25(31)36-22-12-11-21(16-23(22)37-26(32)20(6)9-2)17-28(29,27(33)34-7)14-15-35-24(30)13-10-18(3)4/h11-12,16,18-20H,8-10,13-15,17,29H2,1-7H3/t19?,20?,28-/m1/s1. The van der Waals surface area contributed by atoms with E-state index in [1.165, 1.54) is 19.2 Å². The highest BCUT2D eigenvalue weighted by Gasteiger charge is 2.36. The Morgan fingerprint density at radius 2 is 1.49 bits per heavy atom. The lowest BCUT2D eigenvalue weighted by atomic mass is 9.88. The quantitative estimate of drug-likeness (QED) is 0.264. The first-order chi connectivity index (χ1) is 17.4. The van der Waals surface area contributed by atoms with E-state index in [9.17, 15) is 19.2 Å². The maximum Gasteiger partial charge on any atom is 0.326 e. The second kappa shape index (κ2) is 15.3. The highest BCUT2D eigenvalue weighted by Crippen LogP contribution is 2.32. The van der Waals surface area contributed by atoms with Crippen molar-refractivity contribution >= 4 is 23.9 Å². The third kappa shape index (κ3) is 10.5. The Morgan fingerprint density at radius 3 is 2.00 bits per heavy atom. The van der Waals surface area contributed by atoms with Gasteiger partial charge in [0, 0.05) is 19.3 Å². The summed E-state index contributed by atoms with van der Waals surface area (Å²) in [6.07, 6.45) is 2.20. The molecule has 37 heavy (non-hydrogen) atoms. The van der Waals surface area contributed by atoms with Crippen molar-refractivity contribution in [2.24, 2.45) is 23.5 Å². The Hall–Kier alpha value is -2.94. The minimum Gasteiger partial charge on any atom is -0.468 e. The van der Waals surface area contributed by atoms with Crippen molar-refractivity contribution in [3.63, 3.8) is 0 Å². The summed E-state index contributed by atoms with van der Waals surface area (Å²) in [5.74, 6) is -2.11. The third-order valence-electron chi connectivity index (χ3n) is 6.31. The highest BCUT2D eigenvalue weighted by atomic mass is 16.6. The van der Waals surface area contributed by atoms with E-state index in [1.54, 1.807) is 19.9 Å². The Bertz CT molecular complexity index is 929. The van der Waals surface area contributed by atoms with Crippen molar-refractivity contribution in [2.75, 3.05) is 13.7 Å². The molecule has 9 heteroatoms. The molecule has 0 heterocycles. The van der Waals surface area contributed by atoms with E-state index < -0.39 is 23.4 Å². The van der Waals surface area contributed by atoms with Gasteiger partial charge in [-0.05, 0) is 42.9 Å². The summed E-state index contributed by atoms with van der Waals surface area (Å²) < 4.78 is 21.3. The SMILES string of the molecule is CCC(C)C(=O)Oc1ccc(C[C@](N)(CCOC(=O)CCC(C)C)C(=O)OC)cc1OC(=O)C(C)CC. The van der Waals surface area contributed by atoms with Crippen LogP contribution in [-0.2, 0) is 35.1 Å². The molecule has 0 aliphatic heterocycles. The normalized spacial score (nSPS) is 14.3. The van der Waals surface area contributed by atoms with E-state index >= 15 is 0 Å². The maximum atomic E-state index is 12.6. The Labute approximate surface area is 220 Å². The topological polar surface area (TPSA) is 131 Å². The summed E-state index contributed by atoms with van der Waals surface area (Å²) in [5.41, 5.74) is 5.48. The van der Waals surface area contributed by atoms with E-state index in [2.05, 4.69) is 0 Å². The molecular weight excluding hydrogens is 478 g/mol. The fraction of sp³-hybridized carbons (Fsp3) is 0.643. The van der Waals surface area contributed by atoms with Crippen molar-refractivity contribution in [3.05, 3.63) is 23.8 Å². The lowest BCUT2D eigenvalue weighted by Crippen LogP contribution is -2.51. The molecule has 0 radical (unpaired) electrons. The molecule has 0 aromatic heterocycles. The van der Waals surface area contributed by atoms with Crippen LogP contribution in [0.3, 0.4) is 0 Å². The van der Waals surface area contributed by atoms with Gasteiger partial charge in [-0.15, -0.1) is 0 Å². The molecule has 208 valence electrons. The average molecular weight is 522 g/mol. The summed E-state index contributed by atoms with van der Waals surface area (Å²) in [4.78, 5) is 49.5. The van der Waals surface area contributed by atoms with Crippen molar-refractivity contribution in [3.8, 4) is 11.5 Å². The molecule has 0 spiro atoms. The van der Waals surface area contributed by atoms with Crippen LogP contribution in [0, 0.1) is 17.8 Å². The number of hydrogen-bond acceptors (Lipinski definition) is 9. The number of hydrogen-bond donors (Lipinski definition) is 1. The smallest absolute Gasteiger partial charge is 0.326 e. The van der Waals surface area contributed by atoms with Crippen LogP contribution in [0.5, 0.6) is 11.5 Å². The molecule has 0 bridgehead atoms. The predicted octanol–water partition coefficient (Wildman–Crippen LogP) is 4.37. The first-order valence-corrected chi connectivity index (χ1v) is 13.0. The van der Waals surface area contributed by atoms with Gasteiger partial charge in [0.15, 0.2) is 11.5 Å². The van der Waals surface area contributed by atoms with Crippen molar-refractivity contribution < 1.29 is 38.1 Å². The molecular formula is C28H43NO8. The molecule has 0 aliphatic carbocycles. The van der Waals surface area contributed by atoms with Crippen molar-refractivity contribution in [1.82, 2.24) is 0 Å². The lowest BCUT2D eigenvalue weighted by molar-refractivity contribution is -0.151. The van der Waals surface area contributed by atoms with E-state index in [0.717, 1.165) is 0 Å². The fourth-order valence-corrected chi connectivity index (χ4v) is 3.23. The van der Waals surface area contributed by atoms with Gasteiger partial charge in [-0.3, -0.25) is 19.2 Å². The van der Waals surface area contributed by atoms with Gasteiger partial charge in [0.25, 0.3) is 0 Å². The zero-order valence-corrected chi connectivity index (χ0v) is 23.3.